The van der Waals surface area contributed by atoms with Gasteiger partial charge in [-0.05, 0) is 54.0 Å². The molecule has 140 valence electrons. The lowest BCUT2D eigenvalue weighted by atomic mass is 10.0. The molecule has 2 rings (SSSR count). The molecule has 0 unspecified atom stereocenters. The van der Waals surface area contributed by atoms with Gasteiger partial charge in [0.2, 0.25) is 0 Å². The van der Waals surface area contributed by atoms with Crippen LogP contribution in [0.1, 0.15) is 62.7 Å². The Labute approximate surface area is 162 Å². The normalized spacial score (nSPS) is 10.7. The summed E-state index contributed by atoms with van der Waals surface area (Å²) in [5, 5.41) is 0. The van der Waals surface area contributed by atoms with E-state index in [9.17, 15) is 4.79 Å². The van der Waals surface area contributed by atoms with Crippen molar-refractivity contribution in [2.75, 3.05) is 12.4 Å². The van der Waals surface area contributed by atoms with E-state index in [2.05, 4.69) is 38.1 Å². The van der Waals surface area contributed by atoms with Crippen LogP contribution in [0.5, 0.6) is 0 Å². The average molecular weight is 371 g/mol. The van der Waals surface area contributed by atoms with E-state index < -0.39 is 0 Å². The fourth-order valence-electron chi connectivity index (χ4n) is 2.68. The summed E-state index contributed by atoms with van der Waals surface area (Å²) in [6.07, 6.45) is 7.00. The zero-order chi connectivity index (χ0) is 18.6. The van der Waals surface area contributed by atoms with Crippen LogP contribution in [-0.4, -0.2) is 18.3 Å². The largest absolute Gasteiger partial charge is 0.462 e. The average Bonchev–Trinajstić information content (AvgIpc) is 2.69. The quantitative estimate of drug-likeness (QED) is 0.242. The van der Waals surface area contributed by atoms with Crippen LogP contribution in [0.4, 0.5) is 0 Å². The monoisotopic (exact) mass is 370 g/mol. The van der Waals surface area contributed by atoms with E-state index in [1.54, 1.807) is 0 Å². The molecule has 0 radical (unpaired) electrons. The van der Waals surface area contributed by atoms with Gasteiger partial charge in [-0.3, -0.25) is 0 Å². The van der Waals surface area contributed by atoms with Crippen molar-refractivity contribution in [3.8, 4) is 11.1 Å². The number of ether oxygens (including phenoxy) is 1. The van der Waals surface area contributed by atoms with Crippen molar-refractivity contribution in [1.29, 1.82) is 0 Å². The van der Waals surface area contributed by atoms with Gasteiger partial charge in [0.25, 0.3) is 0 Å². The van der Waals surface area contributed by atoms with Gasteiger partial charge in [-0.1, -0.05) is 63.8 Å². The molecule has 0 fully saturated rings. The van der Waals surface area contributed by atoms with Crippen molar-refractivity contribution in [3.05, 3.63) is 54.1 Å². The molecule has 0 aromatic heterocycles. The van der Waals surface area contributed by atoms with E-state index in [1.807, 2.05) is 36.0 Å². The van der Waals surface area contributed by atoms with E-state index in [0.717, 1.165) is 24.8 Å². The predicted octanol–water partition coefficient (Wildman–Crippen LogP) is 6.98. The van der Waals surface area contributed by atoms with Crippen molar-refractivity contribution < 1.29 is 9.53 Å². The van der Waals surface area contributed by atoms with Gasteiger partial charge in [-0.2, -0.15) is 0 Å². The molecule has 26 heavy (non-hydrogen) atoms. The molecule has 0 saturated carbocycles. The third kappa shape index (κ3) is 6.87. The smallest absolute Gasteiger partial charge is 0.338 e. The minimum atomic E-state index is -0.230. The zero-order valence-electron chi connectivity index (χ0n) is 16.0. The van der Waals surface area contributed by atoms with Crippen molar-refractivity contribution in [2.45, 2.75) is 57.3 Å². The summed E-state index contributed by atoms with van der Waals surface area (Å²) in [5.41, 5.74) is 2.91. The number of carbonyl (C=O) groups is 1. The molecule has 0 saturated heterocycles. The van der Waals surface area contributed by atoms with Gasteiger partial charge in [0.15, 0.2) is 0 Å². The van der Waals surface area contributed by atoms with E-state index in [0.29, 0.717) is 12.2 Å². The van der Waals surface area contributed by atoms with E-state index in [4.69, 9.17) is 4.74 Å². The molecule has 0 spiro atoms. The minimum absolute atomic E-state index is 0.230. The predicted molar refractivity (Wildman–Crippen MR) is 112 cm³/mol. The summed E-state index contributed by atoms with van der Waals surface area (Å²) < 4.78 is 5.30. The number of carbonyl (C=O) groups excluding carboxylic acids is 1. The first-order valence-electron chi connectivity index (χ1n) is 9.75. The van der Waals surface area contributed by atoms with Crippen LogP contribution < -0.4 is 0 Å². The summed E-state index contributed by atoms with van der Waals surface area (Å²) in [6, 6.07) is 16.4. The fourth-order valence-corrected chi connectivity index (χ4v) is 3.60. The lowest BCUT2D eigenvalue weighted by Gasteiger charge is -2.07. The Morgan fingerprint density at radius 2 is 1.38 bits per heavy atom. The Kier molecular flexibility index (Phi) is 9.33. The second-order valence-corrected chi connectivity index (χ2v) is 7.67. The first-order chi connectivity index (χ1) is 12.7. The molecule has 3 heteroatoms. The highest BCUT2D eigenvalue weighted by molar-refractivity contribution is 7.99. The lowest BCUT2D eigenvalue weighted by Crippen LogP contribution is -2.06. The molecule has 0 aliphatic rings. The van der Waals surface area contributed by atoms with Crippen LogP contribution in [0.25, 0.3) is 11.1 Å². The first kappa shape index (κ1) is 20.6. The highest BCUT2D eigenvalue weighted by Crippen LogP contribution is 2.25. The molecular weight excluding hydrogens is 340 g/mol. The summed E-state index contributed by atoms with van der Waals surface area (Å²) in [5.74, 6) is 0.953. The molecule has 0 atom stereocenters. The topological polar surface area (TPSA) is 26.3 Å². The third-order valence-corrected chi connectivity index (χ3v) is 5.40. The Morgan fingerprint density at radius 1 is 0.808 bits per heavy atom. The molecule has 2 aromatic carbocycles. The molecular formula is C23H30O2S. The van der Waals surface area contributed by atoms with Gasteiger partial charge in [0.05, 0.1) is 12.2 Å². The fraction of sp³-hybridized carbons (Fsp3) is 0.435. The molecule has 2 aromatic rings. The molecule has 0 N–H and O–H groups in total. The van der Waals surface area contributed by atoms with Gasteiger partial charge in [-0.15, -0.1) is 11.8 Å². The second kappa shape index (κ2) is 11.8. The second-order valence-electron chi connectivity index (χ2n) is 6.50. The molecule has 0 aliphatic carbocycles. The molecule has 0 bridgehead atoms. The van der Waals surface area contributed by atoms with Crippen LogP contribution in [0.2, 0.25) is 0 Å². The number of rotatable bonds is 11. The van der Waals surface area contributed by atoms with E-state index >= 15 is 0 Å². The number of unbranched alkanes of at least 4 members (excludes halogenated alkanes) is 4. The SMILES string of the molecule is CCCCCOC(=O)c1ccc(-c2ccc(SCCCCC)cc2)cc1. The van der Waals surface area contributed by atoms with Crippen molar-refractivity contribution in [1.82, 2.24) is 0 Å². The zero-order valence-corrected chi connectivity index (χ0v) is 16.8. The standard InChI is InChI=1S/C23H30O2S/c1-3-5-7-17-25-23(24)21-11-9-19(10-12-21)20-13-15-22(16-14-20)26-18-8-6-4-2/h9-16H,3-8,17-18H2,1-2H3. The van der Waals surface area contributed by atoms with Crippen molar-refractivity contribution >= 4 is 17.7 Å². The maximum atomic E-state index is 12.0. The van der Waals surface area contributed by atoms with Crippen LogP contribution in [-0.2, 0) is 4.74 Å². The van der Waals surface area contributed by atoms with Gasteiger partial charge < -0.3 is 4.74 Å². The molecule has 2 nitrogen and oxygen atoms in total. The Hall–Kier alpha value is -1.74. The van der Waals surface area contributed by atoms with Crippen LogP contribution in [0.15, 0.2) is 53.4 Å². The highest BCUT2D eigenvalue weighted by atomic mass is 32.2. The number of benzene rings is 2. The number of hydrogen-bond acceptors (Lipinski definition) is 3. The molecule has 0 heterocycles. The Bertz CT molecular complexity index is 647. The van der Waals surface area contributed by atoms with Gasteiger partial charge in [-0.25, -0.2) is 4.79 Å². The summed E-state index contributed by atoms with van der Waals surface area (Å²) in [7, 11) is 0. The Balaban J connectivity index is 1.88. The number of thioether (sulfide) groups is 1. The minimum Gasteiger partial charge on any atom is -0.462 e. The van der Waals surface area contributed by atoms with Crippen molar-refractivity contribution in [3.63, 3.8) is 0 Å². The summed E-state index contributed by atoms with van der Waals surface area (Å²) >= 11 is 1.92. The third-order valence-electron chi connectivity index (χ3n) is 4.31. The maximum absolute atomic E-state index is 12.0. The van der Waals surface area contributed by atoms with Gasteiger partial charge >= 0.3 is 5.97 Å². The van der Waals surface area contributed by atoms with Crippen LogP contribution in [0, 0.1) is 0 Å². The maximum Gasteiger partial charge on any atom is 0.338 e. The van der Waals surface area contributed by atoms with Gasteiger partial charge in [0.1, 0.15) is 0 Å². The van der Waals surface area contributed by atoms with Crippen LogP contribution >= 0.6 is 11.8 Å². The molecule has 0 amide bonds. The highest BCUT2D eigenvalue weighted by Gasteiger charge is 2.07. The van der Waals surface area contributed by atoms with Crippen LogP contribution in [0.3, 0.4) is 0 Å². The lowest BCUT2D eigenvalue weighted by molar-refractivity contribution is 0.0498. The summed E-state index contributed by atoms with van der Waals surface area (Å²) in [6.45, 7) is 4.88. The van der Waals surface area contributed by atoms with Gasteiger partial charge in [0, 0.05) is 4.90 Å². The number of esters is 1. The summed E-state index contributed by atoms with van der Waals surface area (Å²) in [4.78, 5) is 13.3. The molecule has 0 aliphatic heterocycles. The number of hydrogen-bond donors (Lipinski definition) is 0. The first-order valence-corrected chi connectivity index (χ1v) is 10.7. The van der Waals surface area contributed by atoms with E-state index in [1.165, 1.54) is 35.5 Å². The van der Waals surface area contributed by atoms with E-state index in [-0.39, 0.29) is 5.97 Å². The Morgan fingerprint density at radius 3 is 2.00 bits per heavy atom. The van der Waals surface area contributed by atoms with Crippen molar-refractivity contribution in [2.24, 2.45) is 0 Å².